The molecule has 1 saturated carbocycles. The average Bonchev–Trinajstić information content (AvgIpc) is 2.70. The molecule has 3 rings (SSSR count). The van der Waals surface area contributed by atoms with Gasteiger partial charge in [0.1, 0.15) is 0 Å². The van der Waals surface area contributed by atoms with Gasteiger partial charge in [-0.05, 0) is 32.1 Å². The van der Waals surface area contributed by atoms with Gasteiger partial charge in [0.25, 0.3) is 0 Å². The molecule has 120 valence electrons. The number of likely N-dealkylation sites (tertiary alicyclic amines) is 2. The first-order chi connectivity index (χ1) is 10.1. The first kappa shape index (κ1) is 15.3. The molecule has 1 amide bonds. The van der Waals surface area contributed by atoms with Crippen molar-refractivity contribution in [3.63, 3.8) is 0 Å². The lowest BCUT2D eigenvalue weighted by Gasteiger charge is -2.39. The molecule has 0 bridgehead atoms. The van der Waals surface area contributed by atoms with Crippen LogP contribution in [-0.4, -0.2) is 58.1 Å². The molecule has 0 radical (unpaired) electrons. The summed E-state index contributed by atoms with van der Waals surface area (Å²) in [5.41, 5.74) is -0.472. The number of rotatable bonds is 2. The van der Waals surface area contributed by atoms with Crippen LogP contribution in [0.25, 0.3) is 0 Å². The van der Waals surface area contributed by atoms with E-state index in [2.05, 4.69) is 9.80 Å². The lowest BCUT2D eigenvalue weighted by Crippen LogP contribution is -2.50. The van der Waals surface area contributed by atoms with Gasteiger partial charge in [-0.3, -0.25) is 9.69 Å². The fourth-order valence-electron chi connectivity index (χ4n) is 4.77. The number of fused-ring (bicyclic) bond motifs is 1. The highest BCUT2D eigenvalue weighted by molar-refractivity contribution is 5.73. The summed E-state index contributed by atoms with van der Waals surface area (Å²) in [6.45, 7) is 4.50. The number of nitrogens with zero attached hydrogens (tertiary/aromatic N) is 2. The Morgan fingerprint density at radius 2 is 1.81 bits per heavy atom. The number of carbonyl (C=O) groups is 1. The summed E-state index contributed by atoms with van der Waals surface area (Å²) in [5, 5.41) is 10.8. The Balaban J connectivity index is 1.68. The quantitative estimate of drug-likeness (QED) is 0.849. The maximum atomic E-state index is 11.9. The summed E-state index contributed by atoms with van der Waals surface area (Å²) in [7, 11) is 0. The minimum Gasteiger partial charge on any atom is -0.389 e. The van der Waals surface area contributed by atoms with Crippen LogP contribution < -0.4 is 0 Å². The third-order valence-electron chi connectivity index (χ3n) is 5.86. The standard InChI is InChI=1S/C17H30N2O2/c1-14(20)19-11-6-3-7-15-16(19)8-12-18(15)13-17(21)9-4-2-5-10-17/h15-16,21H,2-13H2,1H3/t15-,16-/m0/s1. The summed E-state index contributed by atoms with van der Waals surface area (Å²) < 4.78 is 0. The van der Waals surface area contributed by atoms with E-state index >= 15 is 0 Å². The number of hydrogen-bond donors (Lipinski definition) is 1. The molecule has 0 aromatic carbocycles. The van der Waals surface area contributed by atoms with Crippen molar-refractivity contribution in [2.45, 2.75) is 82.4 Å². The van der Waals surface area contributed by atoms with Crippen LogP contribution in [0.3, 0.4) is 0 Å². The van der Waals surface area contributed by atoms with Crippen LogP contribution in [0.5, 0.6) is 0 Å². The molecule has 0 unspecified atom stereocenters. The highest BCUT2D eigenvalue weighted by atomic mass is 16.3. The number of carbonyl (C=O) groups excluding carboxylic acids is 1. The zero-order valence-electron chi connectivity index (χ0n) is 13.4. The second-order valence-corrected chi connectivity index (χ2v) is 7.39. The SMILES string of the molecule is CC(=O)N1CCCC[C@H]2[C@@H]1CCN2CC1(O)CCCCC1. The molecule has 0 aromatic heterocycles. The predicted octanol–water partition coefficient (Wildman–Crippen LogP) is 2.16. The van der Waals surface area contributed by atoms with E-state index in [0.717, 1.165) is 58.2 Å². The number of hydrogen-bond acceptors (Lipinski definition) is 3. The van der Waals surface area contributed by atoms with Gasteiger partial charge in [-0.25, -0.2) is 0 Å². The molecule has 0 spiro atoms. The van der Waals surface area contributed by atoms with E-state index in [1.54, 1.807) is 6.92 Å². The Labute approximate surface area is 128 Å². The van der Waals surface area contributed by atoms with E-state index in [0.29, 0.717) is 12.1 Å². The number of amides is 1. The van der Waals surface area contributed by atoms with E-state index in [9.17, 15) is 9.90 Å². The topological polar surface area (TPSA) is 43.8 Å². The van der Waals surface area contributed by atoms with E-state index in [-0.39, 0.29) is 5.91 Å². The highest BCUT2D eigenvalue weighted by Gasteiger charge is 2.42. The Morgan fingerprint density at radius 3 is 2.52 bits per heavy atom. The second kappa shape index (κ2) is 6.25. The van der Waals surface area contributed by atoms with Crippen molar-refractivity contribution in [1.29, 1.82) is 0 Å². The minimum atomic E-state index is -0.472. The molecular formula is C17H30N2O2. The minimum absolute atomic E-state index is 0.227. The van der Waals surface area contributed by atoms with Gasteiger partial charge >= 0.3 is 0 Å². The largest absolute Gasteiger partial charge is 0.389 e. The molecule has 2 atom stereocenters. The zero-order valence-corrected chi connectivity index (χ0v) is 13.4. The van der Waals surface area contributed by atoms with Crippen LogP contribution in [0.4, 0.5) is 0 Å². The molecule has 1 N–H and O–H groups in total. The second-order valence-electron chi connectivity index (χ2n) is 7.39. The number of β-amino-alcohol motifs (C(OH)–C–C–N with tert-alkyl or cyclic N) is 1. The van der Waals surface area contributed by atoms with Crippen molar-refractivity contribution >= 4 is 5.91 Å². The molecule has 3 fully saturated rings. The monoisotopic (exact) mass is 294 g/mol. The van der Waals surface area contributed by atoms with Gasteiger partial charge in [0.15, 0.2) is 0 Å². The van der Waals surface area contributed by atoms with Gasteiger partial charge in [-0.1, -0.05) is 25.7 Å². The first-order valence-electron chi connectivity index (χ1n) is 8.83. The summed E-state index contributed by atoms with van der Waals surface area (Å²) >= 11 is 0. The van der Waals surface area contributed by atoms with Gasteiger partial charge in [-0.15, -0.1) is 0 Å². The van der Waals surface area contributed by atoms with Crippen molar-refractivity contribution in [1.82, 2.24) is 9.80 Å². The molecule has 2 aliphatic heterocycles. The Hall–Kier alpha value is -0.610. The van der Waals surface area contributed by atoms with Crippen molar-refractivity contribution < 1.29 is 9.90 Å². The van der Waals surface area contributed by atoms with E-state index in [4.69, 9.17) is 0 Å². The fourth-order valence-corrected chi connectivity index (χ4v) is 4.77. The van der Waals surface area contributed by atoms with E-state index < -0.39 is 5.60 Å². The molecule has 2 saturated heterocycles. The van der Waals surface area contributed by atoms with Gasteiger partial charge in [-0.2, -0.15) is 0 Å². The molecule has 21 heavy (non-hydrogen) atoms. The molecule has 3 aliphatic rings. The molecule has 2 heterocycles. The van der Waals surface area contributed by atoms with Gasteiger partial charge in [0.05, 0.1) is 5.60 Å². The van der Waals surface area contributed by atoms with Crippen molar-refractivity contribution in [2.24, 2.45) is 0 Å². The van der Waals surface area contributed by atoms with Crippen LogP contribution in [0.1, 0.15) is 64.7 Å². The number of aliphatic hydroxyl groups is 1. The summed E-state index contributed by atoms with van der Waals surface area (Å²) in [6.07, 6.45) is 10.1. The Morgan fingerprint density at radius 1 is 1.05 bits per heavy atom. The molecule has 4 nitrogen and oxygen atoms in total. The van der Waals surface area contributed by atoms with Crippen molar-refractivity contribution in [3.8, 4) is 0 Å². The smallest absolute Gasteiger partial charge is 0.219 e. The van der Waals surface area contributed by atoms with Crippen molar-refractivity contribution in [3.05, 3.63) is 0 Å². The summed E-state index contributed by atoms with van der Waals surface area (Å²) in [6, 6.07) is 0.861. The maximum Gasteiger partial charge on any atom is 0.219 e. The van der Waals surface area contributed by atoms with Crippen LogP contribution in [0, 0.1) is 0 Å². The zero-order chi connectivity index (χ0) is 14.9. The van der Waals surface area contributed by atoms with E-state index in [1.165, 1.54) is 19.3 Å². The molecular weight excluding hydrogens is 264 g/mol. The lowest BCUT2D eigenvalue weighted by atomic mass is 9.84. The molecule has 4 heteroatoms. The summed E-state index contributed by atoms with van der Waals surface area (Å²) in [4.78, 5) is 16.5. The van der Waals surface area contributed by atoms with Gasteiger partial charge < -0.3 is 10.0 Å². The predicted molar refractivity (Wildman–Crippen MR) is 83.0 cm³/mol. The molecule has 0 aromatic rings. The highest BCUT2D eigenvalue weighted by Crippen LogP contribution is 2.35. The fraction of sp³-hybridized carbons (Fsp3) is 0.941. The average molecular weight is 294 g/mol. The van der Waals surface area contributed by atoms with Gasteiger partial charge in [0.2, 0.25) is 5.91 Å². The lowest BCUT2D eigenvalue weighted by molar-refractivity contribution is -0.131. The van der Waals surface area contributed by atoms with Crippen LogP contribution in [0.2, 0.25) is 0 Å². The first-order valence-corrected chi connectivity index (χ1v) is 8.83. The third kappa shape index (κ3) is 3.26. The van der Waals surface area contributed by atoms with Crippen molar-refractivity contribution in [2.75, 3.05) is 19.6 Å². The van der Waals surface area contributed by atoms with Crippen LogP contribution in [0.15, 0.2) is 0 Å². The van der Waals surface area contributed by atoms with Gasteiger partial charge in [0, 0.05) is 38.6 Å². The Bertz CT molecular complexity index is 379. The van der Waals surface area contributed by atoms with Crippen LogP contribution >= 0.6 is 0 Å². The van der Waals surface area contributed by atoms with Crippen LogP contribution in [-0.2, 0) is 4.79 Å². The third-order valence-corrected chi connectivity index (χ3v) is 5.86. The Kier molecular flexibility index (Phi) is 4.55. The molecule has 1 aliphatic carbocycles. The normalized spacial score (nSPS) is 33.5. The summed E-state index contributed by atoms with van der Waals surface area (Å²) in [5.74, 6) is 0.227. The maximum absolute atomic E-state index is 11.9. The van der Waals surface area contributed by atoms with E-state index in [1.807, 2.05) is 0 Å².